The van der Waals surface area contributed by atoms with Gasteiger partial charge in [-0.15, -0.1) is 11.3 Å². The molecule has 1 aromatic heterocycles. The minimum atomic E-state index is -0.353. The van der Waals surface area contributed by atoms with Crippen molar-refractivity contribution in [1.29, 1.82) is 0 Å². The summed E-state index contributed by atoms with van der Waals surface area (Å²) in [6, 6.07) is 13.5. The highest BCUT2D eigenvalue weighted by molar-refractivity contribution is 7.23. The second kappa shape index (κ2) is 5.69. The number of thiophene rings is 1. The maximum atomic E-state index is 12.2. The van der Waals surface area contributed by atoms with E-state index in [1.54, 1.807) is 0 Å². The van der Waals surface area contributed by atoms with Crippen LogP contribution in [0.15, 0.2) is 42.5 Å². The van der Waals surface area contributed by atoms with Crippen molar-refractivity contribution in [3.05, 3.63) is 53.6 Å². The molecule has 3 rings (SSSR count). The highest BCUT2D eigenvalue weighted by atomic mass is 32.1. The van der Waals surface area contributed by atoms with Crippen LogP contribution in [0.5, 0.6) is 0 Å². The second-order valence-electron chi connectivity index (χ2n) is 5.01. The molecule has 0 spiro atoms. The third-order valence-electron chi connectivity index (χ3n) is 3.44. The number of fused-ring (bicyclic) bond motifs is 1. The highest BCUT2D eigenvalue weighted by Gasteiger charge is 2.20. The third kappa shape index (κ3) is 2.51. The lowest BCUT2D eigenvalue weighted by Crippen LogP contribution is -2.04. The van der Waals surface area contributed by atoms with Crippen LogP contribution in [-0.2, 0) is 4.74 Å². The number of methoxy groups -OCH3 is 1. The summed E-state index contributed by atoms with van der Waals surface area (Å²) in [4.78, 5) is 12.2. The van der Waals surface area contributed by atoms with Crippen molar-refractivity contribution in [3.8, 4) is 0 Å². The molecule has 0 aliphatic carbocycles. The number of carbonyl (C=O) groups is 1. The number of para-hydroxylation sites is 2. The molecule has 0 saturated heterocycles. The molecular weight excluding hydrogens is 296 g/mol. The van der Waals surface area contributed by atoms with Crippen molar-refractivity contribution in [2.45, 2.75) is 6.92 Å². The molecule has 3 aromatic rings. The first-order valence-corrected chi connectivity index (χ1v) is 7.65. The van der Waals surface area contributed by atoms with E-state index in [1.165, 1.54) is 18.4 Å². The van der Waals surface area contributed by atoms with Gasteiger partial charge in [-0.1, -0.05) is 23.8 Å². The molecule has 0 saturated carbocycles. The van der Waals surface area contributed by atoms with E-state index in [0.717, 1.165) is 26.3 Å². The van der Waals surface area contributed by atoms with Gasteiger partial charge in [0.25, 0.3) is 0 Å². The maximum Gasteiger partial charge on any atom is 0.341 e. The summed E-state index contributed by atoms with van der Waals surface area (Å²) in [5, 5.41) is 4.90. The number of nitrogens with two attached hydrogens (primary N) is 1. The zero-order valence-corrected chi connectivity index (χ0v) is 13.2. The third-order valence-corrected chi connectivity index (χ3v) is 4.53. The fourth-order valence-electron chi connectivity index (χ4n) is 2.34. The van der Waals surface area contributed by atoms with Gasteiger partial charge in [0, 0.05) is 10.1 Å². The molecule has 0 atom stereocenters. The van der Waals surface area contributed by atoms with E-state index in [9.17, 15) is 4.79 Å². The standard InChI is InChI=1S/C17H16N2O2S/c1-10-7-8-14-11(9-10)15(17(20)21-2)16(22-14)19-13-6-4-3-5-12(13)18/h3-9,19H,18H2,1-2H3. The number of esters is 1. The molecule has 5 heteroatoms. The van der Waals surface area contributed by atoms with Crippen LogP contribution >= 0.6 is 11.3 Å². The minimum Gasteiger partial charge on any atom is -0.465 e. The van der Waals surface area contributed by atoms with Crippen molar-refractivity contribution >= 4 is 43.8 Å². The summed E-state index contributed by atoms with van der Waals surface area (Å²) in [5.74, 6) is -0.353. The monoisotopic (exact) mass is 312 g/mol. The second-order valence-corrected chi connectivity index (χ2v) is 6.06. The van der Waals surface area contributed by atoms with Crippen molar-refractivity contribution in [2.75, 3.05) is 18.2 Å². The Bertz CT molecular complexity index is 855. The molecular formula is C17H16N2O2S. The molecule has 0 radical (unpaired) electrons. The highest BCUT2D eigenvalue weighted by Crippen LogP contribution is 2.39. The summed E-state index contributed by atoms with van der Waals surface area (Å²) in [7, 11) is 1.39. The molecule has 0 bridgehead atoms. The van der Waals surface area contributed by atoms with Gasteiger partial charge >= 0.3 is 5.97 Å². The van der Waals surface area contributed by atoms with Gasteiger partial charge in [0.2, 0.25) is 0 Å². The summed E-state index contributed by atoms with van der Waals surface area (Å²) in [6.45, 7) is 2.00. The van der Waals surface area contributed by atoms with Gasteiger partial charge < -0.3 is 15.8 Å². The summed E-state index contributed by atoms with van der Waals surface area (Å²) < 4.78 is 5.98. The Morgan fingerprint density at radius 1 is 1.23 bits per heavy atom. The quantitative estimate of drug-likeness (QED) is 0.558. The summed E-state index contributed by atoms with van der Waals surface area (Å²) in [6.07, 6.45) is 0. The van der Waals surface area contributed by atoms with Crippen molar-refractivity contribution in [1.82, 2.24) is 0 Å². The minimum absolute atomic E-state index is 0.353. The first kappa shape index (κ1) is 14.4. The number of nitrogen functional groups attached to an aromatic ring is 1. The van der Waals surface area contributed by atoms with E-state index in [0.29, 0.717) is 11.3 Å². The topological polar surface area (TPSA) is 64.3 Å². The SMILES string of the molecule is COC(=O)c1c(Nc2ccccc2N)sc2ccc(C)cc12. The van der Waals surface area contributed by atoms with Crippen LogP contribution in [0.4, 0.5) is 16.4 Å². The van der Waals surface area contributed by atoms with Crippen LogP contribution < -0.4 is 11.1 Å². The van der Waals surface area contributed by atoms with Gasteiger partial charge in [-0.25, -0.2) is 4.79 Å². The zero-order valence-electron chi connectivity index (χ0n) is 12.3. The molecule has 3 N–H and O–H groups in total. The first-order valence-electron chi connectivity index (χ1n) is 6.83. The normalized spacial score (nSPS) is 10.6. The Morgan fingerprint density at radius 3 is 2.73 bits per heavy atom. The smallest absolute Gasteiger partial charge is 0.341 e. The average Bonchev–Trinajstić information content (AvgIpc) is 2.86. The number of ether oxygens (including phenoxy) is 1. The van der Waals surface area contributed by atoms with E-state index >= 15 is 0 Å². The van der Waals surface area contributed by atoms with Gasteiger partial charge in [0.05, 0.1) is 18.5 Å². The number of rotatable bonds is 3. The Morgan fingerprint density at radius 2 is 2.00 bits per heavy atom. The number of anilines is 3. The van der Waals surface area contributed by atoms with Crippen LogP contribution in [-0.4, -0.2) is 13.1 Å². The largest absolute Gasteiger partial charge is 0.465 e. The Balaban J connectivity index is 2.16. The van der Waals surface area contributed by atoms with E-state index in [2.05, 4.69) is 5.32 Å². The van der Waals surface area contributed by atoms with Gasteiger partial charge in [-0.05, 0) is 31.2 Å². The predicted molar refractivity (Wildman–Crippen MR) is 92.0 cm³/mol. The summed E-state index contributed by atoms with van der Waals surface area (Å²) >= 11 is 1.51. The fraction of sp³-hybridized carbons (Fsp3) is 0.118. The number of benzene rings is 2. The lowest BCUT2D eigenvalue weighted by molar-refractivity contribution is 0.0604. The van der Waals surface area contributed by atoms with Crippen molar-refractivity contribution in [3.63, 3.8) is 0 Å². The predicted octanol–water partition coefficient (Wildman–Crippen LogP) is 4.32. The number of hydrogen-bond acceptors (Lipinski definition) is 5. The molecule has 0 unspecified atom stereocenters. The maximum absolute atomic E-state index is 12.2. The molecule has 2 aromatic carbocycles. The van der Waals surface area contributed by atoms with E-state index in [1.807, 2.05) is 49.4 Å². The molecule has 1 heterocycles. The van der Waals surface area contributed by atoms with Gasteiger partial charge in [0.1, 0.15) is 10.6 Å². The van der Waals surface area contributed by atoms with Crippen molar-refractivity contribution < 1.29 is 9.53 Å². The van der Waals surface area contributed by atoms with Crippen LogP contribution in [0.1, 0.15) is 15.9 Å². The molecule has 0 amide bonds. The van der Waals surface area contributed by atoms with Crippen molar-refractivity contribution in [2.24, 2.45) is 0 Å². The Hall–Kier alpha value is -2.53. The number of aryl methyl sites for hydroxylation is 1. The number of nitrogens with one attached hydrogen (secondary N) is 1. The molecule has 22 heavy (non-hydrogen) atoms. The first-order chi connectivity index (χ1) is 10.6. The lowest BCUT2D eigenvalue weighted by atomic mass is 10.1. The van der Waals surface area contributed by atoms with Crippen LogP contribution in [0.3, 0.4) is 0 Å². The van der Waals surface area contributed by atoms with E-state index in [-0.39, 0.29) is 5.97 Å². The number of hydrogen-bond donors (Lipinski definition) is 2. The van der Waals surface area contributed by atoms with E-state index in [4.69, 9.17) is 10.5 Å². The average molecular weight is 312 g/mol. The van der Waals surface area contributed by atoms with Gasteiger partial charge in [0.15, 0.2) is 0 Å². The zero-order chi connectivity index (χ0) is 15.7. The lowest BCUT2D eigenvalue weighted by Gasteiger charge is -2.09. The molecule has 4 nitrogen and oxygen atoms in total. The van der Waals surface area contributed by atoms with E-state index < -0.39 is 0 Å². The summed E-state index contributed by atoms with van der Waals surface area (Å²) in [5.41, 5.74) is 9.03. The van der Waals surface area contributed by atoms with Gasteiger partial charge in [-0.2, -0.15) is 0 Å². The van der Waals surface area contributed by atoms with Crippen LogP contribution in [0.25, 0.3) is 10.1 Å². The Labute approximate surface area is 132 Å². The molecule has 0 fully saturated rings. The molecule has 112 valence electrons. The Kier molecular flexibility index (Phi) is 3.73. The van der Waals surface area contributed by atoms with Gasteiger partial charge in [-0.3, -0.25) is 0 Å². The van der Waals surface area contributed by atoms with Crippen LogP contribution in [0, 0.1) is 6.92 Å². The fourth-order valence-corrected chi connectivity index (χ4v) is 3.42. The number of carbonyl (C=O) groups excluding carboxylic acids is 1. The molecule has 0 aliphatic heterocycles. The van der Waals surface area contributed by atoms with Crippen LogP contribution in [0.2, 0.25) is 0 Å². The molecule has 0 aliphatic rings.